The minimum Gasteiger partial charge on any atom is -0.366 e. The molecule has 1 aromatic heterocycles. The SMILES string of the molecule is Fc1cc(F)c(F)c(-c2ccc(N[C@H]3C[C@@H]4CN(CC5(F)CCCCC5)C[C@@H]4C3)nn2)c1. The molecule has 5 rings (SSSR count). The van der Waals surface area contributed by atoms with E-state index < -0.39 is 23.1 Å². The summed E-state index contributed by atoms with van der Waals surface area (Å²) in [5, 5.41) is 11.4. The molecule has 1 saturated heterocycles. The average Bonchev–Trinajstić information content (AvgIpc) is 3.29. The quantitative estimate of drug-likeness (QED) is 0.494. The topological polar surface area (TPSA) is 41.0 Å². The standard InChI is InChI=1S/C24H28F4N4/c25-17-10-19(23(27)20(26)11-17)21-4-5-22(31-30-21)29-18-8-15-12-32(13-16(15)9-18)14-24(28)6-2-1-3-7-24/h4-5,10-11,15-16,18H,1-3,6-9,12-14H2,(H,29,31)/t15-,16+,18+. The zero-order chi connectivity index (χ0) is 22.3. The first-order valence-corrected chi connectivity index (χ1v) is 11.5. The molecule has 2 aromatic rings. The lowest BCUT2D eigenvalue weighted by Crippen LogP contribution is -2.41. The van der Waals surface area contributed by atoms with E-state index in [1.165, 1.54) is 6.07 Å². The normalized spacial score (nSPS) is 27.4. The fourth-order valence-corrected chi connectivity index (χ4v) is 5.89. The van der Waals surface area contributed by atoms with Crippen LogP contribution in [0.25, 0.3) is 11.3 Å². The van der Waals surface area contributed by atoms with Crippen molar-refractivity contribution in [2.75, 3.05) is 25.0 Å². The van der Waals surface area contributed by atoms with Gasteiger partial charge in [0.1, 0.15) is 17.3 Å². The Labute approximate surface area is 185 Å². The van der Waals surface area contributed by atoms with E-state index in [1.807, 2.05) is 0 Å². The summed E-state index contributed by atoms with van der Waals surface area (Å²) in [4.78, 5) is 2.32. The molecule has 3 aliphatic rings. The predicted octanol–water partition coefficient (Wildman–Crippen LogP) is 5.36. The largest absolute Gasteiger partial charge is 0.366 e. The van der Waals surface area contributed by atoms with Gasteiger partial charge in [0.05, 0.1) is 5.69 Å². The fourth-order valence-electron chi connectivity index (χ4n) is 5.89. The van der Waals surface area contributed by atoms with Gasteiger partial charge in [-0.1, -0.05) is 19.3 Å². The molecular weight excluding hydrogens is 420 g/mol. The second kappa shape index (κ2) is 8.61. The molecule has 2 heterocycles. The van der Waals surface area contributed by atoms with Gasteiger partial charge in [0.2, 0.25) is 0 Å². The van der Waals surface area contributed by atoms with Gasteiger partial charge in [-0.05, 0) is 55.7 Å². The number of nitrogens with one attached hydrogen (secondary N) is 1. The van der Waals surface area contributed by atoms with Crippen LogP contribution in [0, 0.1) is 29.3 Å². The van der Waals surface area contributed by atoms with Crippen molar-refractivity contribution in [1.29, 1.82) is 0 Å². The molecule has 1 N–H and O–H groups in total. The zero-order valence-electron chi connectivity index (χ0n) is 18.0. The molecule has 2 saturated carbocycles. The predicted molar refractivity (Wildman–Crippen MR) is 114 cm³/mol. The summed E-state index contributed by atoms with van der Waals surface area (Å²) in [6, 6.07) is 4.83. The van der Waals surface area contributed by atoms with Crippen LogP contribution in [0.1, 0.15) is 44.9 Å². The van der Waals surface area contributed by atoms with Gasteiger partial charge in [-0.15, -0.1) is 10.2 Å². The number of likely N-dealkylation sites (tertiary alicyclic amines) is 1. The van der Waals surface area contributed by atoms with Crippen molar-refractivity contribution in [3.8, 4) is 11.3 Å². The Bertz CT molecular complexity index is 947. The average molecular weight is 449 g/mol. The molecule has 8 heteroatoms. The summed E-state index contributed by atoms with van der Waals surface area (Å²) < 4.78 is 55.9. The van der Waals surface area contributed by atoms with Gasteiger partial charge in [-0.3, -0.25) is 4.90 Å². The zero-order valence-corrected chi connectivity index (χ0v) is 18.0. The molecule has 0 bridgehead atoms. The van der Waals surface area contributed by atoms with Crippen LogP contribution in [0.5, 0.6) is 0 Å². The first kappa shape index (κ1) is 21.6. The van der Waals surface area contributed by atoms with Crippen LogP contribution < -0.4 is 5.32 Å². The smallest absolute Gasteiger partial charge is 0.168 e. The Morgan fingerprint density at radius 2 is 1.69 bits per heavy atom. The lowest BCUT2D eigenvalue weighted by molar-refractivity contribution is 0.0613. The van der Waals surface area contributed by atoms with Crippen LogP contribution in [0.3, 0.4) is 0 Å². The van der Waals surface area contributed by atoms with E-state index in [4.69, 9.17) is 0 Å². The van der Waals surface area contributed by atoms with Crippen molar-refractivity contribution in [3.05, 3.63) is 41.7 Å². The van der Waals surface area contributed by atoms with Crippen LogP contribution in [-0.2, 0) is 0 Å². The number of alkyl halides is 1. The van der Waals surface area contributed by atoms with Crippen LogP contribution in [0.2, 0.25) is 0 Å². The van der Waals surface area contributed by atoms with E-state index in [2.05, 4.69) is 20.4 Å². The molecular formula is C24H28F4N4. The number of halogens is 4. The Morgan fingerprint density at radius 3 is 2.34 bits per heavy atom. The minimum absolute atomic E-state index is 0.0771. The van der Waals surface area contributed by atoms with Crippen LogP contribution in [0.15, 0.2) is 24.3 Å². The second-order valence-corrected chi connectivity index (χ2v) is 9.79. The number of hydrogen-bond donors (Lipinski definition) is 1. The first-order valence-electron chi connectivity index (χ1n) is 11.5. The third-order valence-electron chi connectivity index (χ3n) is 7.37. The molecule has 0 unspecified atom stereocenters. The highest BCUT2D eigenvalue weighted by molar-refractivity contribution is 5.60. The summed E-state index contributed by atoms with van der Waals surface area (Å²) in [6.45, 7) is 2.47. The van der Waals surface area contributed by atoms with Crippen molar-refractivity contribution in [1.82, 2.24) is 15.1 Å². The van der Waals surface area contributed by atoms with Crippen molar-refractivity contribution in [2.24, 2.45) is 11.8 Å². The molecule has 32 heavy (non-hydrogen) atoms. The Kier molecular flexibility index (Phi) is 5.82. The summed E-state index contributed by atoms with van der Waals surface area (Å²) in [5.74, 6) is -1.60. The van der Waals surface area contributed by atoms with Crippen LogP contribution in [0.4, 0.5) is 23.4 Å². The highest BCUT2D eigenvalue weighted by atomic mass is 19.2. The van der Waals surface area contributed by atoms with Gasteiger partial charge in [-0.25, -0.2) is 17.6 Å². The number of nitrogens with zero attached hydrogens (tertiary/aromatic N) is 3. The lowest BCUT2D eigenvalue weighted by atomic mass is 9.86. The van der Waals surface area contributed by atoms with Crippen molar-refractivity contribution in [3.63, 3.8) is 0 Å². The van der Waals surface area contributed by atoms with E-state index in [9.17, 15) is 13.2 Å². The van der Waals surface area contributed by atoms with Crippen molar-refractivity contribution < 1.29 is 17.6 Å². The Balaban J connectivity index is 1.16. The molecule has 1 aromatic carbocycles. The van der Waals surface area contributed by atoms with Gasteiger partial charge in [0.25, 0.3) is 0 Å². The summed E-state index contributed by atoms with van der Waals surface area (Å²) >= 11 is 0. The maximum atomic E-state index is 15.1. The van der Waals surface area contributed by atoms with E-state index in [0.29, 0.717) is 43.1 Å². The van der Waals surface area contributed by atoms with Gasteiger partial charge in [-0.2, -0.15) is 0 Å². The molecule has 172 valence electrons. The lowest BCUT2D eigenvalue weighted by Gasteiger charge is -2.33. The summed E-state index contributed by atoms with van der Waals surface area (Å²) in [7, 11) is 0. The number of fused-ring (bicyclic) bond motifs is 1. The van der Waals surface area contributed by atoms with Gasteiger partial charge in [0.15, 0.2) is 11.6 Å². The van der Waals surface area contributed by atoms with Crippen LogP contribution >= 0.6 is 0 Å². The fraction of sp³-hybridized carbons (Fsp3) is 0.583. The Morgan fingerprint density at radius 1 is 0.969 bits per heavy atom. The minimum atomic E-state index is -1.25. The van der Waals surface area contributed by atoms with E-state index in [-0.39, 0.29) is 17.3 Å². The maximum Gasteiger partial charge on any atom is 0.168 e. The molecule has 2 aliphatic carbocycles. The Hall–Kier alpha value is -2.22. The number of anilines is 1. The number of hydrogen-bond acceptors (Lipinski definition) is 4. The third kappa shape index (κ3) is 4.47. The van der Waals surface area contributed by atoms with Crippen LogP contribution in [-0.4, -0.2) is 46.4 Å². The summed E-state index contributed by atoms with van der Waals surface area (Å²) in [5.41, 5.74) is -1.18. The van der Waals surface area contributed by atoms with E-state index >= 15 is 4.39 Å². The molecule has 3 atom stereocenters. The van der Waals surface area contributed by atoms with Gasteiger partial charge < -0.3 is 5.32 Å². The van der Waals surface area contributed by atoms with Gasteiger partial charge in [0, 0.05) is 37.3 Å². The van der Waals surface area contributed by atoms with E-state index in [0.717, 1.165) is 51.3 Å². The summed E-state index contributed by atoms with van der Waals surface area (Å²) in [6.07, 6.45) is 6.55. The monoisotopic (exact) mass is 448 g/mol. The number of rotatable bonds is 5. The first-order chi connectivity index (χ1) is 15.4. The molecule has 0 spiro atoms. The molecule has 4 nitrogen and oxygen atoms in total. The number of benzene rings is 1. The second-order valence-electron chi connectivity index (χ2n) is 9.79. The number of aromatic nitrogens is 2. The third-order valence-corrected chi connectivity index (χ3v) is 7.37. The molecule has 3 fully saturated rings. The highest BCUT2D eigenvalue weighted by Gasteiger charge is 2.43. The van der Waals surface area contributed by atoms with Gasteiger partial charge >= 0.3 is 0 Å². The maximum absolute atomic E-state index is 15.1. The molecule has 0 radical (unpaired) electrons. The highest BCUT2D eigenvalue weighted by Crippen LogP contribution is 2.41. The van der Waals surface area contributed by atoms with E-state index in [1.54, 1.807) is 6.07 Å². The van der Waals surface area contributed by atoms with Crippen molar-refractivity contribution in [2.45, 2.75) is 56.7 Å². The molecule has 0 amide bonds. The molecule has 1 aliphatic heterocycles. The van der Waals surface area contributed by atoms with Crippen molar-refractivity contribution >= 4 is 5.82 Å².